The van der Waals surface area contributed by atoms with Gasteiger partial charge in [0.1, 0.15) is 0 Å². The minimum absolute atomic E-state index is 0.117. The second kappa shape index (κ2) is 8.47. The molecule has 6 heteroatoms. The highest BCUT2D eigenvalue weighted by atomic mass is 127. The Kier molecular flexibility index (Phi) is 6.32. The largest absolute Gasteiger partial charge is 0.352 e. The molecule has 0 radical (unpaired) electrons. The molecule has 2 aromatic rings. The third kappa shape index (κ3) is 5.44. The van der Waals surface area contributed by atoms with E-state index >= 15 is 0 Å². The number of nitrogens with zero attached hydrogens (tertiary/aromatic N) is 1. The van der Waals surface area contributed by atoms with E-state index < -0.39 is 0 Å². The van der Waals surface area contributed by atoms with Gasteiger partial charge in [-0.05, 0) is 59.0 Å². The molecule has 0 spiro atoms. The van der Waals surface area contributed by atoms with E-state index in [0.717, 1.165) is 9.26 Å². The molecule has 0 saturated carbocycles. The molecule has 0 atom stereocenters. The van der Waals surface area contributed by atoms with Crippen molar-refractivity contribution in [2.75, 3.05) is 6.54 Å². The van der Waals surface area contributed by atoms with Crippen LogP contribution in [0.4, 0.5) is 0 Å². The average Bonchev–Trinajstić information content (AvgIpc) is 2.54. The van der Waals surface area contributed by atoms with Gasteiger partial charge < -0.3 is 10.6 Å². The van der Waals surface area contributed by atoms with Crippen molar-refractivity contribution >= 4 is 34.4 Å². The Bertz CT molecular complexity index is 630. The minimum Gasteiger partial charge on any atom is -0.352 e. The number of hydrogen-bond acceptors (Lipinski definition) is 3. The molecule has 1 aromatic carbocycles. The topological polar surface area (TPSA) is 71.1 Å². The lowest BCUT2D eigenvalue weighted by Crippen LogP contribution is -2.30. The molecule has 2 N–H and O–H groups in total. The first-order valence-electron chi connectivity index (χ1n) is 6.85. The summed E-state index contributed by atoms with van der Waals surface area (Å²) in [5.41, 5.74) is 1.40. The van der Waals surface area contributed by atoms with Gasteiger partial charge in [-0.15, -0.1) is 0 Å². The van der Waals surface area contributed by atoms with Gasteiger partial charge in [0.2, 0.25) is 5.91 Å². The molecule has 2 amide bonds. The summed E-state index contributed by atoms with van der Waals surface area (Å²) in [7, 11) is 0. The lowest BCUT2D eigenvalue weighted by Gasteiger charge is -2.06. The summed E-state index contributed by atoms with van der Waals surface area (Å²) in [6, 6.07) is 12.8. The molecule has 114 valence electrons. The lowest BCUT2D eigenvalue weighted by molar-refractivity contribution is -0.121. The monoisotopic (exact) mass is 409 g/mol. The molecule has 22 heavy (non-hydrogen) atoms. The van der Waals surface area contributed by atoms with E-state index in [1.807, 2.05) is 30.3 Å². The highest BCUT2D eigenvalue weighted by Crippen LogP contribution is 2.06. The number of carbonyl (C=O) groups excluding carboxylic acids is 2. The summed E-state index contributed by atoms with van der Waals surface area (Å²) in [4.78, 5) is 27.7. The van der Waals surface area contributed by atoms with Crippen LogP contribution in [0.15, 0.2) is 48.7 Å². The number of carbonyl (C=O) groups is 2. The maximum absolute atomic E-state index is 11.9. The average molecular weight is 409 g/mol. The first kappa shape index (κ1) is 16.4. The van der Waals surface area contributed by atoms with Gasteiger partial charge in [0.05, 0.1) is 12.2 Å². The van der Waals surface area contributed by atoms with Crippen LogP contribution in [0.1, 0.15) is 22.5 Å². The molecular weight excluding hydrogens is 393 g/mol. The zero-order chi connectivity index (χ0) is 15.8. The number of halogens is 1. The van der Waals surface area contributed by atoms with Crippen LogP contribution in [0.2, 0.25) is 0 Å². The maximum atomic E-state index is 11.9. The van der Waals surface area contributed by atoms with Crippen LogP contribution in [-0.2, 0) is 11.3 Å². The van der Waals surface area contributed by atoms with E-state index in [4.69, 9.17) is 0 Å². The fraction of sp³-hybridized carbons (Fsp3) is 0.188. The number of aromatic nitrogens is 1. The molecule has 0 saturated heterocycles. The normalized spacial score (nSPS) is 10.0. The molecule has 0 fully saturated rings. The number of nitrogens with one attached hydrogen (secondary N) is 2. The van der Waals surface area contributed by atoms with Gasteiger partial charge in [0.15, 0.2) is 0 Å². The third-order valence-corrected chi connectivity index (χ3v) is 3.66. The number of hydrogen-bond donors (Lipinski definition) is 2. The van der Waals surface area contributed by atoms with Crippen molar-refractivity contribution in [1.82, 2.24) is 15.6 Å². The maximum Gasteiger partial charge on any atom is 0.251 e. The van der Waals surface area contributed by atoms with Crippen LogP contribution < -0.4 is 10.6 Å². The Labute approximate surface area is 142 Å². The minimum atomic E-state index is -0.172. The Morgan fingerprint density at radius 3 is 2.50 bits per heavy atom. The third-order valence-electron chi connectivity index (χ3n) is 2.94. The van der Waals surface area contributed by atoms with Crippen molar-refractivity contribution < 1.29 is 9.59 Å². The van der Waals surface area contributed by atoms with Crippen LogP contribution in [0.3, 0.4) is 0 Å². The fourth-order valence-electron chi connectivity index (χ4n) is 1.77. The zero-order valence-corrected chi connectivity index (χ0v) is 14.0. The van der Waals surface area contributed by atoms with Gasteiger partial charge in [0, 0.05) is 28.3 Å². The first-order chi connectivity index (χ1) is 10.6. The van der Waals surface area contributed by atoms with Gasteiger partial charge in [-0.1, -0.05) is 6.07 Å². The second-order valence-corrected chi connectivity index (χ2v) is 5.86. The van der Waals surface area contributed by atoms with Gasteiger partial charge >= 0.3 is 0 Å². The van der Waals surface area contributed by atoms with Gasteiger partial charge in [-0.2, -0.15) is 0 Å². The molecule has 1 aromatic heterocycles. The van der Waals surface area contributed by atoms with Gasteiger partial charge in [-0.3, -0.25) is 14.6 Å². The Morgan fingerprint density at radius 1 is 1.05 bits per heavy atom. The Hall–Kier alpha value is -1.96. The van der Waals surface area contributed by atoms with Crippen molar-refractivity contribution in [1.29, 1.82) is 0 Å². The van der Waals surface area contributed by atoms with Gasteiger partial charge in [0.25, 0.3) is 5.91 Å². The van der Waals surface area contributed by atoms with Crippen molar-refractivity contribution in [3.05, 3.63) is 63.5 Å². The predicted molar refractivity (Wildman–Crippen MR) is 92.2 cm³/mol. The van der Waals surface area contributed by atoms with Crippen LogP contribution in [-0.4, -0.2) is 23.3 Å². The summed E-state index contributed by atoms with van der Waals surface area (Å²) in [6.07, 6.45) is 1.92. The van der Waals surface area contributed by atoms with Crippen molar-refractivity contribution in [3.63, 3.8) is 0 Å². The van der Waals surface area contributed by atoms with Gasteiger partial charge in [-0.25, -0.2) is 0 Å². The quantitative estimate of drug-likeness (QED) is 0.719. The lowest BCUT2D eigenvalue weighted by atomic mass is 10.2. The number of rotatable bonds is 6. The molecule has 0 aliphatic heterocycles. The predicted octanol–water partition coefficient (Wildman–Crippen LogP) is 2.12. The van der Waals surface area contributed by atoms with Crippen LogP contribution in [0, 0.1) is 3.57 Å². The second-order valence-electron chi connectivity index (χ2n) is 4.61. The van der Waals surface area contributed by atoms with Crippen LogP contribution >= 0.6 is 22.6 Å². The Morgan fingerprint density at radius 2 is 1.82 bits per heavy atom. The molecule has 0 bridgehead atoms. The summed E-state index contributed by atoms with van der Waals surface area (Å²) >= 11 is 2.18. The Balaban J connectivity index is 1.68. The van der Waals surface area contributed by atoms with Crippen LogP contribution in [0.5, 0.6) is 0 Å². The van der Waals surface area contributed by atoms with E-state index in [2.05, 4.69) is 38.2 Å². The van der Waals surface area contributed by atoms with E-state index in [-0.39, 0.29) is 18.2 Å². The van der Waals surface area contributed by atoms with Crippen LogP contribution in [0.25, 0.3) is 0 Å². The fourth-order valence-corrected chi connectivity index (χ4v) is 2.13. The molecule has 0 aliphatic rings. The standard InChI is InChI=1S/C16H16IN3O2/c17-13-6-4-12(5-7-13)16(22)19-10-8-15(21)20-11-14-3-1-2-9-18-14/h1-7,9H,8,10-11H2,(H,19,22)(H,20,21). The van der Waals surface area contributed by atoms with E-state index in [9.17, 15) is 9.59 Å². The molecular formula is C16H16IN3O2. The molecule has 5 nitrogen and oxygen atoms in total. The van der Waals surface area contributed by atoms with Crippen molar-refractivity contribution in [2.45, 2.75) is 13.0 Å². The zero-order valence-electron chi connectivity index (χ0n) is 11.9. The van der Waals surface area contributed by atoms with Crippen molar-refractivity contribution in [3.8, 4) is 0 Å². The summed E-state index contributed by atoms with van der Waals surface area (Å²) in [5.74, 6) is -0.289. The first-order valence-corrected chi connectivity index (χ1v) is 7.93. The van der Waals surface area contributed by atoms with E-state index in [1.165, 1.54) is 0 Å². The molecule has 2 rings (SSSR count). The highest BCUT2D eigenvalue weighted by Gasteiger charge is 2.06. The molecule has 1 heterocycles. The van der Waals surface area contributed by atoms with E-state index in [1.54, 1.807) is 18.3 Å². The number of benzene rings is 1. The summed E-state index contributed by atoms with van der Waals surface area (Å²) < 4.78 is 1.07. The number of amides is 2. The van der Waals surface area contributed by atoms with E-state index in [0.29, 0.717) is 18.7 Å². The molecule has 0 unspecified atom stereocenters. The van der Waals surface area contributed by atoms with Crippen molar-refractivity contribution in [2.24, 2.45) is 0 Å². The summed E-state index contributed by atoms with van der Waals surface area (Å²) in [6.45, 7) is 0.698. The summed E-state index contributed by atoms with van der Waals surface area (Å²) in [5, 5.41) is 5.50. The SMILES string of the molecule is O=C(CCNC(=O)c1ccc(I)cc1)NCc1ccccn1. The molecule has 0 aliphatic carbocycles. The highest BCUT2D eigenvalue weighted by molar-refractivity contribution is 14.1. The smallest absolute Gasteiger partial charge is 0.251 e. The number of pyridine rings is 1.